The van der Waals surface area contributed by atoms with Gasteiger partial charge in [-0.3, -0.25) is 14.3 Å². The standard InChI is InChI=1S/C20H27N5OS/c1-5-13-24-18(17-9-11-21-12-10-17)22-23-20(24)27-16(4)19(26)25-14(2)7-6-8-15(25)3/h5,9-12,14-16H,1,6-8,13H2,2-4H3. The Morgan fingerprint density at radius 2 is 1.96 bits per heavy atom. The highest BCUT2D eigenvalue weighted by Crippen LogP contribution is 2.30. The van der Waals surface area contributed by atoms with Crippen molar-refractivity contribution in [3.63, 3.8) is 0 Å². The first-order valence-corrected chi connectivity index (χ1v) is 10.3. The van der Waals surface area contributed by atoms with Crippen molar-refractivity contribution in [1.82, 2.24) is 24.6 Å². The van der Waals surface area contributed by atoms with Crippen LogP contribution in [0.3, 0.4) is 0 Å². The highest BCUT2D eigenvalue weighted by atomic mass is 32.2. The molecule has 1 fully saturated rings. The Hall–Kier alpha value is -2.15. The SMILES string of the molecule is C=CCn1c(SC(C)C(=O)N2C(C)CCCC2C)nnc1-c1ccncc1. The second-order valence-corrected chi connectivity index (χ2v) is 8.38. The lowest BCUT2D eigenvalue weighted by molar-refractivity contribution is -0.136. The Balaban J connectivity index is 1.81. The van der Waals surface area contributed by atoms with Crippen molar-refractivity contribution < 1.29 is 4.79 Å². The zero-order valence-corrected chi connectivity index (χ0v) is 17.0. The molecule has 0 spiro atoms. The predicted octanol–water partition coefficient (Wildman–Crippen LogP) is 3.80. The fourth-order valence-electron chi connectivity index (χ4n) is 3.66. The minimum Gasteiger partial charge on any atom is -0.336 e. The molecule has 3 atom stereocenters. The van der Waals surface area contributed by atoms with E-state index in [1.165, 1.54) is 18.2 Å². The molecule has 0 aliphatic carbocycles. The summed E-state index contributed by atoms with van der Waals surface area (Å²) in [6.45, 7) is 10.7. The van der Waals surface area contributed by atoms with Crippen LogP contribution in [0.1, 0.15) is 40.0 Å². The van der Waals surface area contributed by atoms with E-state index in [2.05, 4.69) is 40.5 Å². The van der Waals surface area contributed by atoms with Crippen LogP contribution in [0.25, 0.3) is 11.4 Å². The van der Waals surface area contributed by atoms with E-state index in [0.717, 1.165) is 29.4 Å². The van der Waals surface area contributed by atoms with Gasteiger partial charge in [-0.15, -0.1) is 16.8 Å². The number of piperidine rings is 1. The Labute approximate surface area is 165 Å². The van der Waals surface area contributed by atoms with E-state index in [9.17, 15) is 4.79 Å². The summed E-state index contributed by atoms with van der Waals surface area (Å²) < 4.78 is 2.00. The number of amides is 1. The van der Waals surface area contributed by atoms with Crippen molar-refractivity contribution in [3.05, 3.63) is 37.2 Å². The summed E-state index contributed by atoms with van der Waals surface area (Å²) in [5.41, 5.74) is 0.948. The van der Waals surface area contributed by atoms with Crippen LogP contribution in [0.5, 0.6) is 0 Å². The number of hydrogen-bond acceptors (Lipinski definition) is 5. The second-order valence-electron chi connectivity index (χ2n) is 7.08. The molecule has 3 unspecified atom stereocenters. The second kappa shape index (κ2) is 8.69. The molecule has 0 aromatic carbocycles. The van der Waals surface area contributed by atoms with Crippen LogP contribution in [-0.2, 0) is 11.3 Å². The van der Waals surface area contributed by atoms with Crippen molar-refractivity contribution in [2.45, 2.75) is 69.1 Å². The Bertz CT molecular complexity index is 781. The average Bonchev–Trinajstić information content (AvgIpc) is 3.05. The largest absolute Gasteiger partial charge is 0.336 e. The van der Waals surface area contributed by atoms with Crippen LogP contribution in [-0.4, -0.2) is 47.9 Å². The summed E-state index contributed by atoms with van der Waals surface area (Å²) in [6.07, 6.45) is 8.63. The molecule has 1 amide bonds. The van der Waals surface area contributed by atoms with Gasteiger partial charge in [-0.2, -0.15) is 0 Å². The lowest BCUT2D eigenvalue weighted by Crippen LogP contribution is -2.50. The molecule has 1 aliphatic rings. The third-order valence-corrected chi connectivity index (χ3v) is 6.11. The minimum absolute atomic E-state index is 0.179. The first kappa shape index (κ1) is 19.6. The molecule has 27 heavy (non-hydrogen) atoms. The summed E-state index contributed by atoms with van der Waals surface area (Å²) in [4.78, 5) is 19.2. The Kier molecular flexibility index (Phi) is 6.31. The molecule has 0 radical (unpaired) electrons. The lowest BCUT2D eigenvalue weighted by Gasteiger charge is -2.40. The maximum atomic E-state index is 13.1. The van der Waals surface area contributed by atoms with Crippen LogP contribution in [0.4, 0.5) is 0 Å². The maximum Gasteiger partial charge on any atom is 0.236 e. The number of hydrogen-bond donors (Lipinski definition) is 0. The molecule has 3 rings (SSSR count). The van der Waals surface area contributed by atoms with Crippen molar-refractivity contribution >= 4 is 17.7 Å². The summed E-state index contributed by atoms with van der Waals surface area (Å²) in [7, 11) is 0. The van der Waals surface area contributed by atoms with Crippen molar-refractivity contribution in [1.29, 1.82) is 0 Å². The Morgan fingerprint density at radius 3 is 2.59 bits per heavy atom. The summed E-state index contributed by atoms with van der Waals surface area (Å²) in [5.74, 6) is 0.942. The van der Waals surface area contributed by atoms with Crippen molar-refractivity contribution in [2.24, 2.45) is 0 Å². The lowest BCUT2D eigenvalue weighted by atomic mass is 9.97. The van der Waals surface area contributed by atoms with E-state index in [0.29, 0.717) is 18.6 Å². The molecule has 2 aromatic heterocycles. The van der Waals surface area contributed by atoms with Gasteiger partial charge in [-0.05, 0) is 52.2 Å². The quantitative estimate of drug-likeness (QED) is 0.559. The molecule has 0 N–H and O–H groups in total. The molecule has 1 saturated heterocycles. The number of likely N-dealkylation sites (tertiary alicyclic amines) is 1. The molecular formula is C20H27N5OS. The van der Waals surface area contributed by atoms with Gasteiger partial charge in [-0.25, -0.2) is 0 Å². The van der Waals surface area contributed by atoms with Gasteiger partial charge >= 0.3 is 0 Å². The number of aromatic nitrogens is 4. The van der Waals surface area contributed by atoms with Crippen LogP contribution in [0, 0.1) is 0 Å². The fourth-order valence-corrected chi connectivity index (χ4v) is 4.57. The summed E-state index contributed by atoms with van der Waals surface area (Å²) in [5, 5.41) is 9.22. The van der Waals surface area contributed by atoms with Gasteiger partial charge in [0.2, 0.25) is 5.91 Å². The number of allylic oxidation sites excluding steroid dienone is 1. The Morgan fingerprint density at radius 1 is 1.30 bits per heavy atom. The van der Waals surface area contributed by atoms with Gasteiger partial charge in [0.25, 0.3) is 0 Å². The van der Waals surface area contributed by atoms with Gasteiger partial charge in [0, 0.05) is 36.6 Å². The van der Waals surface area contributed by atoms with E-state index in [1.807, 2.05) is 29.7 Å². The number of carbonyl (C=O) groups excluding carboxylic acids is 1. The maximum absolute atomic E-state index is 13.1. The van der Waals surface area contributed by atoms with Gasteiger partial charge in [0.15, 0.2) is 11.0 Å². The van der Waals surface area contributed by atoms with Crippen molar-refractivity contribution in [2.75, 3.05) is 0 Å². The molecule has 144 valence electrons. The number of carbonyl (C=O) groups is 1. The van der Waals surface area contributed by atoms with E-state index >= 15 is 0 Å². The minimum atomic E-state index is -0.217. The first-order chi connectivity index (χ1) is 13.0. The fraction of sp³-hybridized carbons (Fsp3) is 0.500. The normalized spacial score (nSPS) is 21.1. The van der Waals surface area contributed by atoms with E-state index in [-0.39, 0.29) is 11.2 Å². The molecule has 0 bridgehead atoms. The average molecular weight is 386 g/mol. The predicted molar refractivity (Wildman–Crippen MR) is 108 cm³/mol. The van der Waals surface area contributed by atoms with Gasteiger partial charge in [-0.1, -0.05) is 17.8 Å². The first-order valence-electron chi connectivity index (χ1n) is 9.46. The summed E-state index contributed by atoms with van der Waals surface area (Å²) >= 11 is 1.47. The van der Waals surface area contributed by atoms with Crippen LogP contribution in [0.2, 0.25) is 0 Å². The van der Waals surface area contributed by atoms with Crippen LogP contribution >= 0.6 is 11.8 Å². The molecule has 6 nitrogen and oxygen atoms in total. The van der Waals surface area contributed by atoms with Crippen molar-refractivity contribution in [3.8, 4) is 11.4 Å². The smallest absolute Gasteiger partial charge is 0.236 e. The number of pyridine rings is 1. The number of nitrogens with zero attached hydrogens (tertiary/aromatic N) is 5. The van der Waals surface area contributed by atoms with Gasteiger partial charge in [0.1, 0.15) is 0 Å². The van der Waals surface area contributed by atoms with Crippen LogP contribution in [0.15, 0.2) is 42.3 Å². The monoisotopic (exact) mass is 385 g/mol. The summed E-state index contributed by atoms with van der Waals surface area (Å²) in [6, 6.07) is 4.40. The van der Waals surface area contributed by atoms with E-state index < -0.39 is 0 Å². The third kappa shape index (κ3) is 4.24. The molecule has 3 heterocycles. The molecule has 1 aliphatic heterocycles. The van der Waals surface area contributed by atoms with E-state index in [1.54, 1.807) is 12.4 Å². The highest BCUT2D eigenvalue weighted by Gasteiger charge is 2.32. The number of rotatable bonds is 6. The highest BCUT2D eigenvalue weighted by molar-refractivity contribution is 8.00. The molecule has 2 aromatic rings. The topological polar surface area (TPSA) is 63.9 Å². The zero-order valence-electron chi connectivity index (χ0n) is 16.2. The van der Waals surface area contributed by atoms with Crippen LogP contribution < -0.4 is 0 Å². The van der Waals surface area contributed by atoms with E-state index in [4.69, 9.17) is 0 Å². The van der Waals surface area contributed by atoms with Gasteiger partial charge in [0.05, 0.1) is 5.25 Å². The molecular weight excluding hydrogens is 358 g/mol. The van der Waals surface area contributed by atoms with Gasteiger partial charge < -0.3 is 4.90 Å². The zero-order chi connectivity index (χ0) is 19.4. The molecule has 0 saturated carbocycles. The number of thioether (sulfide) groups is 1. The third-order valence-electron chi connectivity index (χ3n) is 5.04. The molecule has 7 heteroatoms.